The third-order valence-corrected chi connectivity index (χ3v) is 5.83. The van der Waals surface area contributed by atoms with E-state index in [9.17, 15) is 14.7 Å². The van der Waals surface area contributed by atoms with E-state index in [2.05, 4.69) is 55.1 Å². The van der Waals surface area contributed by atoms with Gasteiger partial charge >= 0.3 is 11.7 Å². The van der Waals surface area contributed by atoms with Crippen LogP contribution in [-0.4, -0.2) is 32.2 Å². The number of nitrogens with one attached hydrogen (secondary N) is 1. The fourth-order valence-corrected chi connectivity index (χ4v) is 4.86. The van der Waals surface area contributed by atoms with Gasteiger partial charge in [0.1, 0.15) is 17.5 Å². The van der Waals surface area contributed by atoms with Gasteiger partial charge in [-0.1, -0.05) is 0 Å². The summed E-state index contributed by atoms with van der Waals surface area (Å²) >= 11 is 4.26. The lowest BCUT2D eigenvalue weighted by atomic mass is 10.1. The van der Waals surface area contributed by atoms with Gasteiger partial charge < -0.3 is 25.7 Å². The topological polar surface area (TPSA) is 139 Å². The van der Waals surface area contributed by atoms with Gasteiger partial charge in [0.2, 0.25) is 0 Å². The number of nitrogens with two attached hydrogens (primary N) is 1. The van der Waals surface area contributed by atoms with E-state index in [1.807, 2.05) is 12.1 Å². The molecule has 0 saturated heterocycles. The first-order valence-corrected chi connectivity index (χ1v) is 10.9. The van der Waals surface area contributed by atoms with E-state index >= 15 is 0 Å². The van der Waals surface area contributed by atoms with Crippen LogP contribution in [0.3, 0.4) is 0 Å². The normalized spacial score (nSPS) is 11.8. The Morgan fingerprint density at radius 2 is 1.90 bits per heavy atom. The standard InChI is InChI=1S/C20H17I2N3O5/c21-14-4-10(6-16(23)19(27)28)5-15(22)18(14)30-13-1-2-17(26)12(7-13)3-11-8-24-20(29)25-9-11/h1-2,4-5,7-9,16,26H,3,6,23H2,(H,27,28)(H,24,25,29)/t16-/m0/s1. The highest BCUT2D eigenvalue weighted by molar-refractivity contribution is 14.1. The van der Waals surface area contributed by atoms with Gasteiger partial charge in [-0.25, -0.2) is 9.78 Å². The van der Waals surface area contributed by atoms with E-state index < -0.39 is 17.7 Å². The van der Waals surface area contributed by atoms with Crippen molar-refractivity contribution in [3.63, 3.8) is 0 Å². The van der Waals surface area contributed by atoms with E-state index in [1.165, 1.54) is 6.20 Å². The molecule has 1 heterocycles. The summed E-state index contributed by atoms with van der Waals surface area (Å²) in [6.45, 7) is 0. The SMILES string of the molecule is N[C@@H](Cc1cc(I)c(Oc2ccc(O)c(Cc3cnc(=O)[nH]c3)c2)c(I)c1)C(=O)O. The van der Waals surface area contributed by atoms with Gasteiger partial charge in [0.05, 0.1) is 7.14 Å². The summed E-state index contributed by atoms with van der Waals surface area (Å²) in [6, 6.07) is 7.64. The predicted molar refractivity (Wildman–Crippen MR) is 127 cm³/mol. The van der Waals surface area contributed by atoms with Crippen LogP contribution in [0.15, 0.2) is 47.5 Å². The van der Waals surface area contributed by atoms with Crippen molar-refractivity contribution in [2.45, 2.75) is 18.9 Å². The number of halogens is 2. The van der Waals surface area contributed by atoms with Crippen LogP contribution in [0, 0.1) is 7.14 Å². The third-order valence-electron chi connectivity index (χ3n) is 4.22. The van der Waals surface area contributed by atoms with Crippen LogP contribution in [0.2, 0.25) is 0 Å². The van der Waals surface area contributed by atoms with Crippen LogP contribution < -0.4 is 16.2 Å². The second-order valence-electron chi connectivity index (χ2n) is 6.53. The van der Waals surface area contributed by atoms with Crippen molar-refractivity contribution >= 4 is 51.2 Å². The molecule has 2 aromatic carbocycles. The van der Waals surface area contributed by atoms with Crippen molar-refractivity contribution in [2.24, 2.45) is 5.73 Å². The second-order valence-corrected chi connectivity index (χ2v) is 8.86. The highest BCUT2D eigenvalue weighted by Gasteiger charge is 2.16. The molecular weight excluding hydrogens is 616 g/mol. The van der Waals surface area contributed by atoms with Gasteiger partial charge in [-0.2, -0.15) is 0 Å². The molecule has 0 aliphatic heterocycles. The number of benzene rings is 2. The number of phenolic OH excluding ortho intramolecular Hbond substituents is 1. The average Bonchev–Trinajstić information content (AvgIpc) is 2.68. The van der Waals surface area contributed by atoms with Gasteiger partial charge in [-0.05, 0) is 93.1 Å². The molecule has 3 aromatic rings. The monoisotopic (exact) mass is 633 g/mol. The van der Waals surface area contributed by atoms with Crippen molar-refractivity contribution in [3.05, 3.63) is 77.0 Å². The van der Waals surface area contributed by atoms with Crippen LogP contribution in [0.1, 0.15) is 16.7 Å². The summed E-state index contributed by atoms with van der Waals surface area (Å²) in [5, 5.41) is 19.2. The molecule has 0 radical (unpaired) electrons. The molecule has 0 spiro atoms. The Kier molecular flexibility index (Phi) is 7.31. The molecule has 3 rings (SSSR count). The minimum Gasteiger partial charge on any atom is -0.508 e. The molecule has 0 unspecified atom stereocenters. The maximum absolute atomic E-state index is 11.1. The largest absolute Gasteiger partial charge is 0.508 e. The van der Waals surface area contributed by atoms with Gasteiger partial charge in [0, 0.05) is 24.4 Å². The van der Waals surface area contributed by atoms with Crippen molar-refractivity contribution in [3.8, 4) is 17.2 Å². The minimum absolute atomic E-state index is 0.107. The van der Waals surface area contributed by atoms with Gasteiger partial charge in [0.25, 0.3) is 0 Å². The number of aliphatic carboxylic acids is 1. The molecule has 0 saturated carbocycles. The summed E-state index contributed by atoms with van der Waals surface area (Å²) in [4.78, 5) is 28.3. The number of carboxylic acids is 1. The van der Waals surface area contributed by atoms with E-state index in [0.717, 1.165) is 18.3 Å². The van der Waals surface area contributed by atoms with Crippen LogP contribution in [0.25, 0.3) is 0 Å². The molecule has 1 aromatic heterocycles. The van der Waals surface area contributed by atoms with E-state index in [-0.39, 0.29) is 12.2 Å². The molecule has 8 nitrogen and oxygen atoms in total. The molecule has 0 aliphatic rings. The van der Waals surface area contributed by atoms with Gasteiger partial charge in [-0.15, -0.1) is 0 Å². The zero-order valence-electron chi connectivity index (χ0n) is 15.4. The molecule has 1 atom stereocenters. The lowest BCUT2D eigenvalue weighted by Crippen LogP contribution is -2.32. The van der Waals surface area contributed by atoms with Crippen molar-refractivity contribution in [2.75, 3.05) is 0 Å². The quantitative estimate of drug-likeness (QED) is 0.294. The molecule has 0 bridgehead atoms. The Morgan fingerprint density at radius 3 is 2.50 bits per heavy atom. The van der Waals surface area contributed by atoms with Crippen LogP contribution in [-0.2, 0) is 17.6 Å². The average molecular weight is 633 g/mol. The Labute approximate surface area is 198 Å². The zero-order chi connectivity index (χ0) is 21.8. The Hall–Kier alpha value is -2.19. The van der Waals surface area contributed by atoms with E-state index in [1.54, 1.807) is 24.4 Å². The number of carboxylic acid groups (broad SMARTS) is 1. The van der Waals surface area contributed by atoms with Crippen LogP contribution in [0.5, 0.6) is 17.2 Å². The number of ether oxygens (including phenoxy) is 1. The summed E-state index contributed by atoms with van der Waals surface area (Å²) in [5.41, 5.74) is 7.37. The number of phenols is 1. The number of carbonyl (C=O) groups is 1. The van der Waals surface area contributed by atoms with Crippen molar-refractivity contribution < 1.29 is 19.7 Å². The molecule has 0 amide bonds. The summed E-state index contributed by atoms with van der Waals surface area (Å²) in [5.74, 6) is 0.225. The maximum Gasteiger partial charge on any atom is 0.344 e. The Morgan fingerprint density at radius 1 is 1.20 bits per heavy atom. The zero-order valence-corrected chi connectivity index (χ0v) is 19.7. The number of nitrogens with zero attached hydrogens (tertiary/aromatic N) is 1. The molecular formula is C20H17I2N3O5. The molecule has 156 valence electrons. The molecule has 10 heteroatoms. The molecule has 5 N–H and O–H groups in total. The predicted octanol–water partition coefficient (Wildman–Crippen LogP) is 3.02. The minimum atomic E-state index is -1.05. The van der Waals surface area contributed by atoms with E-state index in [0.29, 0.717) is 23.5 Å². The number of aromatic amines is 1. The highest BCUT2D eigenvalue weighted by atomic mass is 127. The first-order chi connectivity index (χ1) is 14.2. The van der Waals surface area contributed by atoms with Crippen molar-refractivity contribution in [1.29, 1.82) is 0 Å². The smallest absolute Gasteiger partial charge is 0.344 e. The number of H-pyrrole nitrogens is 1. The Balaban J connectivity index is 1.83. The van der Waals surface area contributed by atoms with Crippen molar-refractivity contribution in [1.82, 2.24) is 9.97 Å². The fraction of sp³-hybridized carbons (Fsp3) is 0.150. The number of hydrogen-bond donors (Lipinski definition) is 4. The second kappa shape index (κ2) is 9.75. The lowest BCUT2D eigenvalue weighted by molar-refractivity contribution is -0.138. The Bertz CT molecular complexity index is 1110. The number of rotatable bonds is 7. The highest BCUT2D eigenvalue weighted by Crippen LogP contribution is 2.35. The number of aromatic nitrogens is 2. The van der Waals surface area contributed by atoms with Crippen LogP contribution in [0.4, 0.5) is 0 Å². The summed E-state index contributed by atoms with van der Waals surface area (Å²) < 4.78 is 7.68. The summed E-state index contributed by atoms with van der Waals surface area (Å²) in [6.07, 6.45) is 3.60. The molecule has 30 heavy (non-hydrogen) atoms. The number of hydrogen-bond acceptors (Lipinski definition) is 6. The molecule has 0 aliphatic carbocycles. The first-order valence-electron chi connectivity index (χ1n) is 8.72. The van der Waals surface area contributed by atoms with Crippen LogP contribution >= 0.6 is 45.2 Å². The van der Waals surface area contributed by atoms with Gasteiger partial charge in [-0.3, -0.25) is 4.79 Å². The fourth-order valence-electron chi connectivity index (χ4n) is 2.74. The third kappa shape index (κ3) is 5.70. The van der Waals surface area contributed by atoms with Gasteiger partial charge in [0.15, 0.2) is 5.75 Å². The first kappa shape index (κ1) is 22.5. The lowest BCUT2D eigenvalue weighted by Gasteiger charge is -2.14. The maximum atomic E-state index is 11.1. The summed E-state index contributed by atoms with van der Waals surface area (Å²) in [7, 11) is 0. The molecule has 0 fully saturated rings. The van der Waals surface area contributed by atoms with E-state index in [4.69, 9.17) is 15.6 Å². The number of aromatic hydroxyl groups is 1.